The molecule has 6 atom stereocenters. The quantitative estimate of drug-likeness (QED) is 0.311. The molecule has 0 aromatic carbocycles. The van der Waals surface area contributed by atoms with Gasteiger partial charge in [0.05, 0.1) is 0 Å². The molecule has 4 saturated carbocycles. The van der Waals surface area contributed by atoms with Crippen molar-refractivity contribution in [3.8, 4) is 0 Å². The first-order chi connectivity index (χ1) is 17.9. The van der Waals surface area contributed by atoms with Crippen molar-refractivity contribution < 1.29 is 0 Å². The van der Waals surface area contributed by atoms with Gasteiger partial charge in [-0.1, -0.05) is 193 Å². The van der Waals surface area contributed by atoms with E-state index in [1.165, 1.54) is 77.0 Å². The zero-order valence-electron chi connectivity index (χ0n) is 24.7. The van der Waals surface area contributed by atoms with Gasteiger partial charge in [-0.3, -0.25) is 0 Å². The van der Waals surface area contributed by atoms with Crippen molar-refractivity contribution in [1.82, 2.24) is 0 Å². The maximum Gasteiger partial charge on any atom is -0.0386 e. The first-order valence-electron chi connectivity index (χ1n) is 17.9. The summed E-state index contributed by atoms with van der Waals surface area (Å²) in [7, 11) is 0. The lowest BCUT2D eigenvalue weighted by Crippen LogP contribution is -2.17. The second kappa shape index (κ2) is 17.6. The van der Waals surface area contributed by atoms with Crippen molar-refractivity contribution in [1.29, 1.82) is 0 Å². The third-order valence-electron chi connectivity index (χ3n) is 11.9. The molecule has 0 spiro atoms. The van der Waals surface area contributed by atoms with E-state index in [2.05, 4.69) is 0 Å². The molecular formula is C36H66. The first-order valence-corrected chi connectivity index (χ1v) is 17.9. The lowest BCUT2D eigenvalue weighted by atomic mass is 9.76. The highest BCUT2D eigenvalue weighted by Crippen LogP contribution is 2.41. The summed E-state index contributed by atoms with van der Waals surface area (Å²) in [5, 5.41) is 0. The molecule has 4 aliphatic rings. The summed E-state index contributed by atoms with van der Waals surface area (Å²) in [6.07, 6.45) is 46.6. The van der Waals surface area contributed by atoms with Gasteiger partial charge in [-0.2, -0.15) is 0 Å². The molecule has 4 aliphatic carbocycles. The minimum Gasteiger partial charge on any atom is -0.0533 e. The fourth-order valence-corrected chi connectivity index (χ4v) is 9.65. The Balaban J connectivity index is 1.36. The molecule has 210 valence electrons. The minimum atomic E-state index is 1.07. The first kappa shape index (κ1) is 29.0. The summed E-state index contributed by atoms with van der Waals surface area (Å²) in [4.78, 5) is 0. The van der Waals surface area contributed by atoms with Crippen LogP contribution >= 0.6 is 0 Å². The Morgan fingerprint density at radius 3 is 0.500 bits per heavy atom. The van der Waals surface area contributed by atoms with Crippen LogP contribution in [0.4, 0.5) is 0 Å². The molecule has 4 rings (SSSR count). The van der Waals surface area contributed by atoms with E-state index in [1.807, 2.05) is 0 Å². The van der Waals surface area contributed by atoms with Gasteiger partial charge < -0.3 is 0 Å². The Labute approximate surface area is 227 Å². The molecule has 0 aromatic heterocycles. The molecule has 0 radical (unpaired) electrons. The minimum absolute atomic E-state index is 1.07. The predicted molar refractivity (Wildman–Crippen MR) is 159 cm³/mol. The van der Waals surface area contributed by atoms with E-state index in [1.54, 1.807) is 116 Å². The lowest BCUT2D eigenvalue weighted by molar-refractivity contribution is 0.223. The zero-order valence-corrected chi connectivity index (χ0v) is 24.7. The summed E-state index contributed by atoms with van der Waals surface area (Å²) < 4.78 is 0. The van der Waals surface area contributed by atoms with Crippen molar-refractivity contribution in [2.45, 2.75) is 193 Å². The van der Waals surface area contributed by atoms with Gasteiger partial charge in [0.2, 0.25) is 0 Å². The summed E-state index contributed by atoms with van der Waals surface area (Å²) in [6, 6.07) is 0. The summed E-state index contributed by atoms with van der Waals surface area (Å²) in [5.74, 6) is 6.44. The van der Waals surface area contributed by atoms with Crippen molar-refractivity contribution >= 4 is 0 Å². The van der Waals surface area contributed by atoms with Gasteiger partial charge in [0.25, 0.3) is 0 Å². The van der Waals surface area contributed by atoms with Crippen LogP contribution in [-0.2, 0) is 0 Å². The monoisotopic (exact) mass is 499 g/mol. The molecule has 0 aromatic rings. The van der Waals surface area contributed by atoms with Crippen LogP contribution in [0.1, 0.15) is 193 Å². The fourth-order valence-electron chi connectivity index (χ4n) is 9.65. The highest BCUT2D eigenvalue weighted by atomic mass is 14.3. The number of hydrogen-bond donors (Lipinski definition) is 0. The van der Waals surface area contributed by atoms with Crippen LogP contribution in [0.15, 0.2) is 0 Å². The maximum absolute atomic E-state index is 1.59. The Morgan fingerprint density at radius 1 is 0.139 bits per heavy atom. The van der Waals surface area contributed by atoms with Crippen molar-refractivity contribution in [2.24, 2.45) is 35.5 Å². The second-order valence-electron chi connectivity index (χ2n) is 14.4. The van der Waals surface area contributed by atoms with Crippen LogP contribution in [0.3, 0.4) is 0 Å². The van der Waals surface area contributed by atoms with Gasteiger partial charge in [-0.05, 0) is 35.5 Å². The van der Waals surface area contributed by atoms with Crippen molar-refractivity contribution in [3.63, 3.8) is 0 Å². The SMILES string of the molecule is C1CCCCC2CCCCC3CCCCC4CCCCCCCC4CCCC3CCCC2CCCC1. The van der Waals surface area contributed by atoms with E-state index in [4.69, 9.17) is 0 Å². The lowest BCUT2D eigenvalue weighted by Gasteiger charge is -2.29. The van der Waals surface area contributed by atoms with Crippen LogP contribution < -0.4 is 0 Å². The molecule has 0 nitrogen and oxygen atoms in total. The maximum atomic E-state index is 1.59. The summed E-state index contributed by atoms with van der Waals surface area (Å²) >= 11 is 0. The largest absolute Gasteiger partial charge is 0.0533 e. The third-order valence-corrected chi connectivity index (χ3v) is 11.9. The van der Waals surface area contributed by atoms with Crippen LogP contribution in [-0.4, -0.2) is 0 Å². The number of hydrogen-bond acceptors (Lipinski definition) is 0. The fraction of sp³-hybridized carbons (Fsp3) is 1.00. The number of rotatable bonds is 0. The Kier molecular flexibility index (Phi) is 14.1. The Bertz CT molecular complexity index is 536. The average molecular weight is 499 g/mol. The van der Waals surface area contributed by atoms with Gasteiger partial charge in [-0.15, -0.1) is 0 Å². The highest BCUT2D eigenvalue weighted by Gasteiger charge is 2.28. The second-order valence-corrected chi connectivity index (χ2v) is 14.4. The van der Waals surface area contributed by atoms with Crippen LogP contribution in [0.5, 0.6) is 0 Å². The number of fused-ring (bicyclic) bond motifs is 3. The predicted octanol–water partition coefficient (Wildman–Crippen LogP) is 12.4. The molecule has 0 heterocycles. The van der Waals surface area contributed by atoms with E-state index in [9.17, 15) is 0 Å². The van der Waals surface area contributed by atoms with Crippen LogP contribution in [0, 0.1) is 35.5 Å². The van der Waals surface area contributed by atoms with E-state index in [-0.39, 0.29) is 0 Å². The summed E-state index contributed by atoms with van der Waals surface area (Å²) in [5.41, 5.74) is 0. The molecule has 0 N–H and O–H groups in total. The molecule has 4 fully saturated rings. The standard InChI is InChI=1S/C36H66/c1-2-5-9-19-31-23-13-15-25-33-26-16-14-24-32-20-11-7-4-8-12-22-35(32)28-18-30-36(33)29-17-27-34(31)21-10-6-3-1/h31-36H,1-30H2. The van der Waals surface area contributed by atoms with E-state index >= 15 is 0 Å². The molecule has 0 aliphatic heterocycles. The molecule has 0 saturated heterocycles. The van der Waals surface area contributed by atoms with Crippen LogP contribution in [0.2, 0.25) is 0 Å². The average Bonchev–Trinajstić information content (AvgIpc) is 2.91. The van der Waals surface area contributed by atoms with Crippen molar-refractivity contribution in [3.05, 3.63) is 0 Å². The summed E-state index contributed by atoms with van der Waals surface area (Å²) in [6.45, 7) is 0. The zero-order chi connectivity index (χ0) is 24.7. The van der Waals surface area contributed by atoms with E-state index < -0.39 is 0 Å². The molecule has 0 heteroatoms. The highest BCUT2D eigenvalue weighted by molar-refractivity contribution is 4.80. The molecular weight excluding hydrogens is 432 g/mol. The molecule has 6 unspecified atom stereocenters. The molecule has 36 heavy (non-hydrogen) atoms. The van der Waals surface area contributed by atoms with Gasteiger partial charge in [-0.25, -0.2) is 0 Å². The van der Waals surface area contributed by atoms with Gasteiger partial charge in [0, 0.05) is 0 Å². The Morgan fingerprint density at radius 2 is 0.278 bits per heavy atom. The van der Waals surface area contributed by atoms with Crippen LogP contribution in [0.25, 0.3) is 0 Å². The molecule has 0 bridgehead atoms. The van der Waals surface area contributed by atoms with Gasteiger partial charge in [0.1, 0.15) is 0 Å². The van der Waals surface area contributed by atoms with Gasteiger partial charge in [0.15, 0.2) is 0 Å². The smallest absolute Gasteiger partial charge is 0.0386 e. The normalized spacial score (nSPS) is 38.0. The van der Waals surface area contributed by atoms with Crippen molar-refractivity contribution in [2.75, 3.05) is 0 Å². The van der Waals surface area contributed by atoms with E-state index in [0.29, 0.717) is 0 Å². The molecule has 0 amide bonds. The Hall–Kier alpha value is 0. The van der Waals surface area contributed by atoms with E-state index in [0.717, 1.165) is 35.5 Å². The topological polar surface area (TPSA) is 0 Å². The van der Waals surface area contributed by atoms with Gasteiger partial charge >= 0.3 is 0 Å². The third kappa shape index (κ3) is 10.3.